The lowest BCUT2D eigenvalue weighted by molar-refractivity contribution is -0.123. The van der Waals surface area contributed by atoms with Crippen molar-refractivity contribution in [3.63, 3.8) is 0 Å². The number of nitrogens with one attached hydrogen (secondary N) is 2. The first kappa shape index (κ1) is 23.0. The molecule has 170 valence electrons. The van der Waals surface area contributed by atoms with Gasteiger partial charge in [0, 0.05) is 16.3 Å². The highest BCUT2D eigenvalue weighted by atomic mass is 35.5. The van der Waals surface area contributed by atoms with Crippen LogP contribution in [0.2, 0.25) is 5.02 Å². The molecular weight excluding hydrogens is 450 g/mol. The fourth-order valence-corrected chi connectivity index (χ4v) is 3.37. The number of hydrogen-bond acceptors (Lipinski definition) is 4. The first-order valence-electron chi connectivity index (χ1n) is 10.6. The first-order valence-corrected chi connectivity index (χ1v) is 11.0. The average Bonchev–Trinajstić information content (AvgIpc) is 2.86. The van der Waals surface area contributed by atoms with Crippen molar-refractivity contribution in [2.75, 3.05) is 11.9 Å². The zero-order chi connectivity index (χ0) is 23.9. The molecule has 4 aromatic carbocycles. The summed E-state index contributed by atoms with van der Waals surface area (Å²) in [6.07, 6.45) is 0. The Hall–Kier alpha value is -4.16. The number of hydrazone groups is 1. The molecule has 4 aromatic rings. The zero-order valence-electron chi connectivity index (χ0n) is 18.4. The van der Waals surface area contributed by atoms with Crippen LogP contribution in [0, 0.1) is 0 Å². The number of benzene rings is 4. The number of rotatable bonds is 7. The molecule has 0 aliphatic heterocycles. The lowest BCUT2D eigenvalue weighted by Gasteiger charge is -2.08. The fourth-order valence-electron chi connectivity index (χ4n) is 3.25. The van der Waals surface area contributed by atoms with Crippen molar-refractivity contribution in [3.8, 4) is 5.75 Å². The lowest BCUT2D eigenvalue weighted by atomic mass is 10.1. The number of fused-ring (bicyclic) bond motifs is 1. The molecule has 0 saturated carbocycles. The van der Waals surface area contributed by atoms with Crippen LogP contribution in [0.3, 0.4) is 0 Å². The van der Waals surface area contributed by atoms with Crippen LogP contribution in [0.4, 0.5) is 5.69 Å². The van der Waals surface area contributed by atoms with Gasteiger partial charge >= 0.3 is 0 Å². The number of amides is 2. The molecule has 0 aromatic heterocycles. The summed E-state index contributed by atoms with van der Waals surface area (Å²) < 4.78 is 5.58. The van der Waals surface area contributed by atoms with Gasteiger partial charge < -0.3 is 10.1 Å². The summed E-state index contributed by atoms with van der Waals surface area (Å²) in [6, 6.07) is 27.4. The van der Waals surface area contributed by atoms with Gasteiger partial charge in [-0.05, 0) is 71.8 Å². The van der Waals surface area contributed by atoms with Gasteiger partial charge in [-0.1, -0.05) is 54.1 Å². The summed E-state index contributed by atoms with van der Waals surface area (Å²) in [5.41, 5.74) is 5.09. The largest absolute Gasteiger partial charge is 0.484 e. The normalized spacial score (nSPS) is 11.2. The van der Waals surface area contributed by atoms with Crippen LogP contribution in [0.15, 0.2) is 96.1 Å². The maximum absolute atomic E-state index is 12.3. The van der Waals surface area contributed by atoms with E-state index in [0.29, 0.717) is 27.7 Å². The van der Waals surface area contributed by atoms with E-state index in [0.717, 1.165) is 16.3 Å². The van der Waals surface area contributed by atoms with E-state index in [-0.39, 0.29) is 18.4 Å². The molecule has 7 heteroatoms. The molecule has 0 heterocycles. The Bertz CT molecular complexity index is 1350. The van der Waals surface area contributed by atoms with Crippen molar-refractivity contribution in [3.05, 3.63) is 107 Å². The van der Waals surface area contributed by atoms with Gasteiger partial charge in [0.05, 0.1) is 5.71 Å². The Morgan fingerprint density at radius 2 is 1.53 bits per heavy atom. The van der Waals surface area contributed by atoms with Gasteiger partial charge in [0.15, 0.2) is 6.61 Å². The number of carbonyl (C=O) groups excluding carboxylic acids is 2. The van der Waals surface area contributed by atoms with Crippen molar-refractivity contribution in [2.45, 2.75) is 6.92 Å². The smallest absolute Gasteiger partial charge is 0.277 e. The van der Waals surface area contributed by atoms with Crippen molar-refractivity contribution < 1.29 is 14.3 Å². The van der Waals surface area contributed by atoms with Gasteiger partial charge in [-0.3, -0.25) is 9.59 Å². The minimum atomic E-state index is -0.362. The molecule has 0 atom stereocenters. The van der Waals surface area contributed by atoms with Crippen LogP contribution in [-0.2, 0) is 4.79 Å². The number of hydrogen-bond donors (Lipinski definition) is 2. The van der Waals surface area contributed by atoms with Crippen LogP contribution < -0.4 is 15.5 Å². The highest BCUT2D eigenvalue weighted by Gasteiger charge is 2.07. The number of nitrogens with zero attached hydrogens (tertiary/aromatic N) is 1. The molecule has 0 saturated heterocycles. The molecule has 6 nitrogen and oxygen atoms in total. The maximum Gasteiger partial charge on any atom is 0.277 e. The molecule has 2 N–H and O–H groups in total. The minimum Gasteiger partial charge on any atom is -0.484 e. The number of carbonyl (C=O) groups is 2. The van der Waals surface area contributed by atoms with E-state index >= 15 is 0 Å². The molecule has 0 radical (unpaired) electrons. The van der Waals surface area contributed by atoms with E-state index in [2.05, 4.69) is 15.8 Å². The standard InChI is InChI=1S/C27H22ClN3O3/c1-18(19-8-13-24(14-9-19)29-27(33)21-6-11-23(28)12-7-21)30-31-26(32)17-34-25-15-10-20-4-2-3-5-22(20)16-25/h2-16H,17H2,1H3,(H,29,33)(H,31,32)/b30-18-. The first-order chi connectivity index (χ1) is 16.5. The molecule has 0 spiro atoms. The molecular formula is C27H22ClN3O3. The van der Waals surface area contributed by atoms with Crippen molar-refractivity contribution in [1.82, 2.24) is 5.43 Å². The van der Waals surface area contributed by atoms with E-state index in [4.69, 9.17) is 16.3 Å². The third-order valence-corrected chi connectivity index (χ3v) is 5.36. The van der Waals surface area contributed by atoms with E-state index < -0.39 is 0 Å². The van der Waals surface area contributed by atoms with E-state index in [9.17, 15) is 9.59 Å². The third kappa shape index (κ3) is 5.99. The van der Waals surface area contributed by atoms with Crippen molar-refractivity contribution in [1.29, 1.82) is 0 Å². The highest BCUT2D eigenvalue weighted by Crippen LogP contribution is 2.20. The fraction of sp³-hybridized carbons (Fsp3) is 0.0741. The monoisotopic (exact) mass is 471 g/mol. The highest BCUT2D eigenvalue weighted by molar-refractivity contribution is 6.30. The number of halogens is 1. The minimum absolute atomic E-state index is 0.148. The molecule has 0 aliphatic carbocycles. The SMILES string of the molecule is C/C(=N/NC(=O)COc1ccc2ccccc2c1)c1ccc(NC(=O)c2ccc(Cl)cc2)cc1. The van der Waals surface area contributed by atoms with Gasteiger partial charge in [0.25, 0.3) is 11.8 Å². The van der Waals surface area contributed by atoms with Crippen LogP contribution in [0.1, 0.15) is 22.8 Å². The van der Waals surface area contributed by atoms with E-state index in [1.807, 2.05) is 54.6 Å². The molecule has 34 heavy (non-hydrogen) atoms. The predicted molar refractivity (Wildman–Crippen MR) is 136 cm³/mol. The topological polar surface area (TPSA) is 79.8 Å². The second-order valence-electron chi connectivity index (χ2n) is 7.57. The predicted octanol–water partition coefficient (Wildman–Crippen LogP) is 5.66. The Balaban J connectivity index is 1.29. The Labute approximate surface area is 202 Å². The Morgan fingerprint density at radius 1 is 0.853 bits per heavy atom. The molecule has 0 aliphatic rings. The van der Waals surface area contributed by atoms with Gasteiger partial charge in [0.2, 0.25) is 0 Å². The molecule has 0 bridgehead atoms. The Kier molecular flexibility index (Phi) is 7.20. The van der Waals surface area contributed by atoms with E-state index in [1.54, 1.807) is 43.3 Å². The van der Waals surface area contributed by atoms with Crippen LogP contribution in [0.25, 0.3) is 10.8 Å². The molecule has 2 amide bonds. The summed E-state index contributed by atoms with van der Waals surface area (Å²) >= 11 is 5.86. The van der Waals surface area contributed by atoms with E-state index in [1.165, 1.54) is 0 Å². The van der Waals surface area contributed by atoms with Crippen LogP contribution in [-0.4, -0.2) is 24.1 Å². The number of anilines is 1. The van der Waals surface area contributed by atoms with Gasteiger partial charge in [-0.15, -0.1) is 0 Å². The van der Waals surface area contributed by atoms with Gasteiger partial charge in [-0.2, -0.15) is 5.10 Å². The lowest BCUT2D eigenvalue weighted by Crippen LogP contribution is -2.25. The summed E-state index contributed by atoms with van der Waals surface area (Å²) in [4.78, 5) is 24.5. The molecule has 0 fully saturated rings. The van der Waals surface area contributed by atoms with Crippen LogP contribution >= 0.6 is 11.6 Å². The molecule has 4 rings (SSSR count). The average molecular weight is 472 g/mol. The van der Waals surface area contributed by atoms with Gasteiger partial charge in [0.1, 0.15) is 5.75 Å². The summed E-state index contributed by atoms with van der Waals surface area (Å²) in [6.45, 7) is 1.64. The second-order valence-corrected chi connectivity index (χ2v) is 8.00. The van der Waals surface area contributed by atoms with Crippen molar-refractivity contribution >= 4 is 45.6 Å². The zero-order valence-corrected chi connectivity index (χ0v) is 19.2. The van der Waals surface area contributed by atoms with Gasteiger partial charge in [-0.25, -0.2) is 5.43 Å². The molecule has 0 unspecified atom stereocenters. The number of ether oxygens (including phenoxy) is 1. The summed E-state index contributed by atoms with van der Waals surface area (Å²) in [5.74, 6) is 0.0265. The maximum atomic E-state index is 12.3. The van der Waals surface area contributed by atoms with Crippen molar-refractivity contribution in [2.24, 2.45) is 5.10 Å². The quantitative estimate of drug-likeness (QED) is 0.269. The third-order valence-electron chi connectivity index (χ3n) is 5.11. The Morgan fingerprint density at radius 3 is 2.26 bits per heavy atom. The summed E-state index contributed by atoms with van der Waals surface area (Å²) in [7, 11) is 0. The van der Waals surface area contributed by atoms with Crippen LogP contribution in [0.5, 0.6) is 5.75 Å². The summed E-state index contributed by atoms with van der Waals surface area (Å²) in [5, 5.41) is 9.69. The second kappa shape index (κ2) is 10.6.